The third-order valence-electron chi connectivity index (χ3n) is 3.34. The molecule has 1 amide bonds. The molecule has 2 rings (SSSR count). The Balaban J connectivity index is 1.98. The Bertz CT molecular complexity index is 603. The standard InChI is InChI=1S/C17H19NO2/c1-3-13-4-6-14(7-5-13)11-18-17(20)15-8-9-16(19)12(2)10-15/h4-10,19H,3,11H2,1-2H3,(H,18,20). The van der Waals surface area contributed by atoms with Gasteiger partial charge in [-0.15, -0.1) is 0 Å². The number of aryl methyl sites for hydroxylation is 2. The number of aromatic hydroxyl groups is 1. The van der Waals surface area contributed by atoms with Crippen LogP contribution >= 0.6 is 0 Å². The van der Waals surface area contributed by atoms with E-state index in [2.05, 4.69) is 24.4 Å². The van der Waals surface area contributed by atoms with E-state index in [4.69, 9.17) is 0 Å². The molecule has 0 unspecified atom stereocenters. The maximum Gasteiger partial charge on any atom is 0.251 e. The van der Waals surface area contributed by atoms with Crippen molar-refractivity contribution in [2.45, 2.75) is 26.8 Å². The second kappa shape index (κ2) is 6.24. The Hall–Kier alpha value is -2.29. The highest BCUT2D eigenvalue weighted by atomic mass is 16.3. The first kappa shape index (κ1) is 14.1. The molecule has 0 aliphatic heterocycles. The number of hydrogen-bond acceptors (Lipinski definition) is 2. The van der Waals surface area contributed by atoms with Gasteiger partial charge < -0.3 is 10.4 Å². The molecule has 2 N–H and O–H groups in total. The summed E-state index contributed by atoms with van der Waals surface area (Å²) in [6.07, 6.45) is 1.01. The minimum absolute atomic E-state index is 0.132. The van der Waals surface area contributed by atoms with Gasteiger partial charge in [0.15, 0.2) is 0 Å². The maximum atomic E-state index is 12.0. The molecule has 0 aliphatic carbocycles. The lowest BCUT2D eigenvalue weighted by Gasteiger charge is -2.07. The molecule has 104 valence electrons. The van der Waals surface area contributed by atoms with Crippen LogP contribution in [0.15, 0.2) is 42.5 Å². The minimum Gasteiger partial charge on any atom is -0.508 e. The Morgan fingerprint density at radius 2 is 1.75 bits per heavy atom. The average Bonchev–Trinajstić information content (AvgIpc) is 2.48. The van der Waals surface area contributed by atoms with Crippen molar-refractivity contribution in [3.63, 3.8) is 0 Å². The van der Waals surface area contributed by atoms with Gasteiger partial charge >= 0.3 is 0 Å². The second-order valence-corrected chi connectivity index (χ2v) is 4.85. The van der Waals surface area contributed by atoms with Crippen LogP contribution in [-0.4, -0.2) is 11.0 Å². The van der Waals surface area contributed by atoms with Crippen LogP contribution in [0.4, 0.5) is 0 Å². The van der Waals surface area contributed by atoms with E-state index in [1.54, 1.807) is 25.1 Å². The van der Waals surface area contributed by atoms with Gasteiger partial charge in [0.25, 0.3) is 5.91 Å². The average molecular weight is 269 g/mol. The largest absolute Gasteiger partial charge is 0.508 e. The predicted molar refractivity (Wildman–Crippen MR) is 79.8 cm³/mol. The summed E-state index contributed by atoms with van der Waals surface area (Å²) in [6.45, 7) is 4.39. The molecule has 0 heterocycles. The van der Waals surface area contributed by atoms with Crippen LogP contribution in [0, 0.1) is 6.92 Å². The van der Waals surface area contributed by atoms with Gasteiger partial charge in [-0.1, -0.05) is 31.2 Å². The number of carbonyl (C=O) groups is 1. The number of phenols is 1. The molecule has 2 aromatic carbocycles. The lowest BCUT2D eigenvalue weighted by Crippen LogP contribution is -2.22. The fraction of sp³-hybridized carbons (Fsp3) is 0.235. The van der Waals surface area contributed by atoms with Crippen LogP contribution in [-0.2, 0) is 13.0 Å². The lowest BCUT2D eigenvalue weighted by molar-refractivity contribution is 0.0951. The molecule has 0 aliphatic rings. The van der Waals surface area contributed by atoms with E-state index in [0.717, 1.165) is 12.0 Å². The fourth-order valence-electron chi connectivity index (χ4n) is 1.97. The molecule has 20 heavy (non-hydrogen) atoms. The zero-order valence-corrected chi connectivity index (χ0v) is 11.8. The minimum atomic E-state index is -0.132. The van der Waals surface area contributed by atoms with Gasteiger partial charge in [-0.3, -0.25) is 4.79 Å². The third kappa shape index (κ3) is 3.38. The summed E-state index contributed by atoms with van der Waals surface area (Å²) in [7, 11) is 0. The van der Waals surface area contributed by atoms with Crippen molar-refractivity contribution in [1.82, 2.24) is 5.32 Å². The first-order valence-electron chi connectivity index (χ1n) is 6.75. The molecule has 0 spiro atoms. The molecule has 0 saturated heterocycles. The molecular formula is C17H19NO2. The van der Waals surface area contributed by atoms with Crippen LogP contribution in [0.3, 0.4) is 0 Å². The Morgan fingerprint density at radius 3 is 2.35 bits per heavy atom. The number of amides is 1. The van der Waals surface area contributed by atoms with Gasteiger partial charge in [-0.2, -0.15) is 0 Å². The number of nitrogens with one attached hydrogen (secondary N) is 1. The highest BCUT2D eigenvalue weighted by Gasteiger charge is 2.07. The van der Waals surface area contributed by atoms with Gasteiger partial charge in [-0.25, -0.2) is 0 Å². The first-order valence-corrected chi connectivity index (χ1v) is 6.75. The molecule has 0 fully saturated rings. The van der Waals surface area contributed by atoms with E-state index < -0.39 is 0 Å². The number of hydrogen-bond donors (Lipinski definition) is 2. The van der Waals surface area contributed by atoms with E-state index in [1.165, 1.54) is 5.56 Å². The summed E-state index contributed by atoms with van der Waals surface area (Å²) < 4.78 is 0. The molecule has 0 aromatic heterocycles. The summed E-state index contributed by atoms with van der Waals surface area (Å²) in [5.74, 6) is 0.0735. The van der Waals surface area contributed by atoms with Gasteiger partial charge in [-0.05, 0) is 48.2 Å². The summed E-state index contributed by atoms with van der Waals surface area (Å²) in [6, 6.07) is 13.1. The maximum absolute atomic E-state index is 12.0. The van der Waals surface area contributed by atoms with Gasteiger partial charge in [0.1, 0.15) is 5.75 Å². The zero-order chi connectivity index (χ0) is 14.5. The molecule has 3 heteroatoms. The third-order valence-corrected chi connectivity index (χ3v) is 3.34. The lowest BCUT2D eigenvalue weighted by atomic mass is 10.1. The van der Waals surface area contributed by atoms with Crippen LogP contribution < -0.4 is 5.32 Å². The van der Waals surface area contributed by atoms with Gasteiger partial charge in [0.05, 0.1) is 0 Å². The molecule has 0 atom stereocenters. The van der Waals surface area contributed by atoms with Crippen LogP contribution in [0.5, 0.6) is 5.75 Å². The number of rotatable bonds is 4. The van der Waals surface area contributed by atoms with Crippen LogP contribution in [0.2, 0.25) is 0 Å². The van der Waals surface area contributed by atoms with E-state index in [9.17, 15) is 9.90 Å². The van der Waals surface area contributed by atoms with Crippen LogP contribution in [0.25, 0.3) is 0 Å². The van der Waals surface area contributed by atoms with Crippen LogP contribution in [0.1, 0.15) is 34.0 Å². The summed E-state index contributed by atoms with van der Waals surface area (Å²) >= 11 is 0. The van der Waals surface area contributed by atoms with Crippen molar-refractivity contribution < 1.29 is 9.90 Å². The molecule has 2 aromatic rings. The number of phenolic OH excluding ortho intramolecular Hbond substituents is 1. The molecule has 0 saturated carbocycles. The molecule has 3 nitrogen and oxygen atoms in total. The quantitative estimate of drug-likeness (QED) is 0.895. The normalized spacial score (nSPS) is 10.3. The Kier molecular flexibility index (Phi) is 4.41. The van der Waals surface area contributed by atoms with Crippen molar-refractivity contribution in [3.8, 4) is 5.75 Å². The van der Waals surface area contributed by atoms with Gasteiger partial charge in [0.2, 0.25) is 0 Å². The SMILES string of the molecule is CCc1ccc(CNC(=O)c2ccc(O)c(C)c2)cc1. The highest BCUT2D eigenvalue weighted by Crippen LogP contribution is 2.16. The summed E-state index contributed by atoms with van der Waals surface area (Å²) in [5.41, 5.74) is 3.62. The Labute approximate surface area is 119 Å². The Morgan fingerprint density at radius 1 is 1.10 bits per heavy atom. The second-order valence-electron chi connectivity index (χ2n) is 4.85. The summed E-state index contributed by atoms with van der Waals surface area (Å²) in [4.78, 5) is 12.0. The predicted octanol–water partition coefficient (Wildman–Crippen LogP) is 3.19. The van der Waals surface area contributed by atoms with Gasteiger partial charge in [0, 0.05) is 12.1 Å². The molecular weight excluding hydrogens is 250 g/mol. The monoisotopic (exact) mass is 269 g/mol. The topological polar surface area (TPSA) is 49.3 Å². The smallest absolute Gasteiger partial charge is 0.251 e. The van der Waals surface area contributed by atoms with Crippen molar-refractivity contribution in [3.05, 3.63) is 64.7 Å². The van der Waals surface area contributed by atoms with E-state index in [1.807, 2.05) is 12.1 Å². The fourth-order valence-corrected chi connectivity index (χ4v) is 1.97. The number of benzene rings is 2. The van der Waals surface area contributed by atoms with E-state index in [0.29, 0.717) is 17.7 Å². The summed E-state index contributed by atoms with van der Waals surface area (Å²) in [5, 5.41) is 12.3. The highest BCUT2D eigenvalue weighted by molar-refractivity contribution is 5.94. The first-order chi connectivity index (χ1) is 9.60. The zero-order valence-electron chi connectivity index (χ0n) is 11.8. The van der Waals surface area contributed by atoms with Crippen molar-refractivity contribution in [1.29, 1.82) is 0 Å². The van der Waals surface area contributed by atoms with Crippen molar-refractivity contribution >= 4 is 5.91 Å². The van der Waals surface area contributed by atoms with Crippen molar-refractivity contribution in [2.24, 2.45) is 0 Å². The van der Waals surface area contributed by atoms with E-state index >= 15 is 0 Å². The molecule has 0 radical (unpaired) electrons. The number of carbonyl (C=O) groups excluding carboxylic acids is 1. The molecule has 0 bridgehead atoms. The van der Waals surface area contributed by atoms with Crippen molar-refractivity contribution in [2.75, 3.05) is 0 Å². The van der Waals surface area contributed by atoms with E-state index in [-0.39, 0.29) is 11.7 Å².